The van der Waals surface area contributed by atoms with E-state index >= 15 is 0 Å². The number of rotatable bonds is 3. The van der Waals surface area contributed by atoms with E-state index in [0.717, 1.165) is 16.8 Å². The van der Waals surface area contributed by atoms with Gasteiger partial charge in [0.15, 0.2) is 11.5 Å². The fourth-order valence-corrected chi connectivity index (χ4v) is 2.41. The van der Waals surface area contributed by atoms with E-state index < -0.39 is 0 Å². The van der Waals surface area contributed by atoms with Crippen LogP contribution in [0.25, 0.3) is 11.0 Å². The smallest absolute Gasteiger partial charge is 0.270 e. The van der Waals surface area contributed by atoms with Crippen molar-refractivity contribution in [1.29, 1.82) is 0 Å². The van der Waals surface area contributed by atoms with Gasteiger partial charge in [0.25, 0.3) is 5.91 Å². The van der Waals surface area contributed by atoms with Crippen LogP contribution in [0.2, 0.25) is 0 Å². The molecule has 0 aliphatic carbocycles. The Balaban J connectivity index is 1.48. The molecule has 23 heavy (non-hydrogen) atoms. The fourth-order valence-electron chi connectivity index (χ4n) is 2.41. The lowest BCUT2D eigenvalue weighted by atomic mass is 10.2. The van der Waals surface area contributed by atoms with E-state index in [-0.39, 0.29) is 12.7 Å². The summed E-state index contributed by atoms with van der Waals surface area (Å²) in [5, 5.41) is 2.85. The normalized spacial score (nSPS) is 12.3. The maximum Gasteiger partial charge on any atom is 0.270 e. The van der Waals surface area contributed by atoms with Gasteiger partial charge in [-0.15, -0.1) is 0 Å². The minimum absolute atomic E-state index is 0.228. The number of carbonyl (C=O) groups is 1. The number of aromatic nitrogens is 2. The zero-order valence-electron chi connectivity index (χ0n) is 12.2. The van der Waals surface area contributed by atoms with Gasteiger partial charge in [-0.3, -0.25) is 9.78 Å². The molecule has 0 bridgehead atoms. The van der Waals surface area contributed by atoms with E-state index in [9.17, 15) is 4.79 Å². The summed E-state index contributed by atoms with van der Waals surface area (Å²) < 4.78 is 10.6. The van der Waals surface area contributed by atoms with E-state index in [1.165, 1.54) is 0 Å². The van der Waals surface area contributed by atoms with Crippen molar-refractivity contribution in [2.24, 2.45) is 0 Å². The van der Waals surface area contributed by atoms with E-state index in [1.54, 1.807) is 24.4 Å². The summed E-state index contributed by atoms with van der Waals surface area (Å²) in [6, 6.07) is 12.7. The van der Waals surface area contributed by atoms with Gasteiger partial charge in [-0.25, -0.2) is 4.98 Å². The first-order chi connectivity index (χ1) is 11.3. The van der Waals surface area contributed by atoms with Gasteiger partial charge in [0.2, 0.25) is 6.79 Å². The number of fused-ring (bicyclic) bond motifs is 2. The number of amides is 1. The second-order valence-electron chi connectivity index (χ2n) is 5.11. The van der Waals surface area contributed by atoms with Gasteiger partial charge in [-0.2, -0.15) is 0 Å². The number of hydrogen-bond donors (Lipinski definition) is 1. The molecule has 1 aliphatic heterocycles. The van der Waals surface area contributed by atoms with Crippen molar-refractivity contribution >= 4 is 16.9 Å². The predicted molar refractivity (Wildman–Crippen MR) is 83.3 cm³/mol. The predicted octanol–water partition coefficient (Wildman–Crippen LogP) is 2.29. The number of hydrogen-bond acceptors (Lipinski definition) is 5. The van der Waals surface area contributed by atoms with Crippen molar-refractivity contribution in [2.75, 3.05) is 6.79 Å². The molecule has 3 aromatic rings. The monoisotopic (exact) mass is 307 g/mol. The van der Waals surface area contributed by atoms with Crippen LogP contribution in [0.1, 0.15) is 16.1 Å². The Hall–Kier alpha value is -3.15. The highest BCUT2D eigenvalue weighted by Crippen LogP contribution is 2.32. The quantitative estimate of drug-likeness (QED) is 0.803. The SMILES string of the molecule is O=C(NCc1ccc2c(c1)OCO2)c1ccc2ncccc2n1. The van der Waals surface area contributed by atoms with Crippen LogP contribution < -0.4 is 14.8 Å². The van der Waals surface area contributed by atoms with Gasteiger partial charge in [-0.05, 0) is 42.0 Å². The van der Waals surface area contributed by atoms with Gasteiger partial charge >= 0.3 is 0 Å². The van der Waals surface area contributed by atoms with E-state index in [0.29, 0.717) is 23.5 Å². The van der Waals surface area contributed by atoms with Crippen LogP contribution in [0.3, 0.4) is 0 Å². The minimum Gasteiger partial charge on any atom is -0.454 e. The van der Waals surface area contributed by atoms with Gasteiger partial charge in [0.05, 0.1) is 11.0 Å². The number of pyridine rings is 2. The molecular weight excluding hydrogens is 294 g/mol. The first-order valence-electron chi connectivity index (χ1n) is 7.18. The van der Waals surface area contributed by atoms with Crippen LogP contribution in [0, 0.1) is 0 Å². The zero-order valence-corrected chi connectivity index (χ0v) is 12.2. The van der Waals surface area contributed by atoms with Crippen LogP contribution in [0.5, 0.6) is 11.5 Å². The Morgan fingerprint density at radius 1 is 1.09 bits per heavy atom. The van der Waals surface area contributed by atoms with Crippen molar-refractivity contribution in [3.05, 3.63) is 59.9 Å². The number of benzene rings is 1. The first-order valence-corrected chi connectivity index (χ1v) is 7.18. The lowest BCUT2D eigenvalue weighted by Gasteiger charge is -2.06. The van der Waals surface area contributed by atoms with Gasteiger partial charge in [-0.1, -0.05) is 6.07 Å². The van der Waals surface area contributed by atoms with Crippen LogP contribution >= 0.6 is 0 Å². The molecule has 1 amide bonds. The third-order valence-electron chi connectivity index (χ3n) is 3.58. The molecule has 4 rings (SSSR count). The summed E-state index contributed by atoms with van der Waals surface area (Å²) in [7, 11) is 0. The third-order valence-corrected chi connectivity index (χ3v) is 3.58. The second-order valence-corrected chi connectivity index (χ2v) is 5.11. The Labute approximate surface area is 132 Å². The van der Waals surface area contributed by atoms with Gasteiger partial charge in [0, 0.05) is 12.7 Å². The molecule has 114 valence electrons. The lowest BCUT2D eigenvalue weighted by Crippen LogP contribution is -2.23. The van der Waals surface area contributed by atoms with Crippen LogP contribution in [-0.2, 0) is 6.54 Å². The van der Waals surface area contributed by atoms with E-state index in [1.807, 2.05) is 24.3 Å². The average Bonchev–Trinajstić information content (AvgIpc) is 3.07. The summed E-state index contributed by atoms with van der Waals surface area (Å²) >= 11 is 0. The standard InChI is InChI=1S/C17H13N3O3/c21-17(14-5-4-12-13(20-14)2-1-7-18-12)19-9-11-3-6-15-16(8-11)23-10-22-15/h1-8H,9-10H2,(H,19,21). The first kappa shape index (κ1) is 13.5. The molecule has 0 saturated carbocycles. The molecule has 3 heterocycles. The topological polar surface area (TPSA) is 73.3 Å². The Morgan fingerprint density at radius 3 is 2.96 bits per heavy atom. The molecule has 0 fully saturated rings. The summed E-state index contributed by atoms with van der Waals surface area (Å²) in [5.74, 6) is 1.20. The molecule has 6 nitrogen and oxygen atoms in total. The Kier molecular flexibility index (Phi) is 3.27. The minimum atomic E-state index is -0.228. The van der Waals surface area contributed by atoms with Crippen LogP contribution in [-0.4, -0.2) is 22.7 Å². The highest BCUT2D eigenvalue weighted by Gasteiger charge is 2.14. The fraction of sp³-hybridized carbons (Fsp3) is 0.118. The summed E-state index contributed by atoms with van der Waals surface area (Å²) in [6.45, 7) is 0.627. The maximum atomic E-state index is 12.2. The van der Waals surface area contributed by atoms with Crippen molar-refractivity contribution in [1.82, 2.24) is 15.3 Å². The molecule has 0 unspecified atom stereocenters. The molecule has 1 N–H and O–H groups in total. The molecule has 1 aliphatic rings. The molecular formula is C17H13N3O3. The number of nitrogens with one attached hydrogen (secondary N) is 1. The third kappa shape index (κ3) is 2.66. The zero-order chi connectivity index (χ0) is 15.6. The van der Waals surface area contributed by atoms with Crippen molar-refractivity contribution in [2.45, 2.75) is 6.54 Å². The van der Waals surface area contributed by atoms with E-state index in [4.69, 9.17) is 9.47 Å². The summed E-state index contributed by atoms with van der Waals surface area (Å²) in [4.78, 5) is 20.8. The molecule has 0 spiro atoms. The second kappa shape index (κ2) is 5.57. The molecule has 0 atom stereocenters. The Bertz CT molecular complexity index is 895. The molecule has 2 aromatic heterocycles. The maximum absolute atomic E-state index is 12.2. The highest BCUT2D eigenvalue weighted by atomic mass is 16.7. The average molecular weight is 307 g/mol. The lowest BCUT2D eigenvalue weighted by molar-refractivity contribution is 0.0946. The summed E-state index contributed by atoms with van der Waals surface area (Å²) in [6.07, 6.45) is 1.70. The number of nitrogens with zero attached hydrogens (tertiary/aromatic N) is 2. The number of carbonyl (C=O) groups excluding carboxylic acids is 1. The van der Waals surface area contributed by atoms with Crippen LogP contribution in [0.4, 0.5) is 0 Å². The highest BCUT2D eigenvalue weighted by molar-refractivity contribution is 5.94. The van der Waals surface area contributed by atoms with Crippen molar-refractivity contribution in [3.63, 3.8) is 0 Å². The van der Waals surface area contributed by atoms with Crippen molar-refractivity contribution < 1.29 is 14.3 Å². The summed E-state index contributed by atoms with van der Waals surface area (Å²) in [5.41, 5.74) is 2.76. The largest absolute Gasteiger partial charge is 0.454 e. The van der Waals surface area contributed by atoms with Crippen LogP contribution in [0.15, 0.2) is 48.7 Å². The van der Waals surface area contributed by atoms with E-state index in [2.05, 4.69) is 15.3 Å². The van der Waals surface area contributed by atoms with Gasteiger partial charge in [0.1, 0.15) is 5.69 Å². The molecule has 0 radical (unpaired) electrons. The van der Waals surface area contributed by atoms with Crippen molar-refractivity contribution in [3.8, 4) is 11.5 Å². The number of ether oxygens (including phenoxy) is 2. The molecule has 0 saturated heterocycles. The molecule has 6 heteroatoms. The Morgan fingerprint density at radius 2 is 2.00 bits per heavy atom. The molecule has 1 aromatic carbocycles. The van der Waals surface area contributed by atoms with Gasteiger partial charge < -0.3 is 14.8 Å².